The van der Waals surface area contributed by atoms with E-state index in [2.05, 4.69) is 15.5 Å². The highest BCUT2D eigenvalue weighted by Gasteiger charge is 2.23. The largest absolute Gasteiger partial charge is 0.497 e. The summed E-state index contributed by atoms with van der Waals surface area (Å²) >= 11 is 6.01. The summed E-state index contributed by atoms with van der Waals surface area (Å²) in [6.45, 7) is 2.49. The van der Waals surface area contributed by atoms with E-state index < -0.39 is 0 Å². The lowest BCUT2D eigenvalue weighted by Gasteiger charge is -2.21. The number of halogens is 1. The lowest BCUT2D eigenvalue weighted by molar-refractivity contribution is -0.127. The van der Waals surface area contributed by atoms with Gasteiger partial charge in [-0.2, -0.15) is 0 Å². The fourth-order valence-electron chi connectivity index (χ4n) is 3.33. The minimum atomic E-state index is -0.00633. The lowest BCUT2D eigenvalue weighted by Crippen LogP contribution is -2.47. The van der Waals surface area contributed by atoms with Gasteiger partial charge >= 0.3 is 0 Å². The van der Waals surface area contributed by atoms with E-state index in [4.69, 9.17) is 21.3 Å². The Morgan fingerprint density at radius 3 is 2.55 bits per heavy atom. The van der Waals surface area contributed by atoms with Gasteiger partial charge < -0.3 is 25.2 Å². The van der Waals surface area contributed by atoms with E-state index in [9.17, 15) is 4.79 Å². The molecule has 7 nitrogen and oxygen atoms in total. The van der Waals surface area contributed by atoms with Crippen LogP contribution in [0, 0.1) is 0 Å². The summed E-state index contributed by atoms with van der Waals surface area (Å²) in [5.74, 6) is 1.44. The number of ether oxygens (including phenoxy) is 1. The molecule has 1 atom stereocenters. The monoisotopic (exact) mass is 443 g/mol. The maximum atomic E-state index is 12.0. The summed E-state index contributed by atoms with van der Waals surface area (Å²) in [7, 11) is 5.13. The van der Waals surface area contributed by atoms with E-state index in [0.29, 0.717) is 12.5 Å². The van der Waals surface area contributed by atoms with Crippen LogP contribution < -0.4 is 20.3 Å². The first-order valence-corrected chi connectivity index (χ1v) is 10.7. The van der Waals surface area contributed by atoms with Gasteiger partial charge in [-0.05, 0) is 48.4 Å². The van der Waals surface area contributed by atoms with Crippen LogP contribution in [0.2, 0.25) is 5.02 Å². The SMILES string of the molecule is COc1ccc(CN=C(NCC(=O)N(C)C)NC2CCN(c3ccc(Cl)cc3)C2)cc1. The number of nitrogens with zero attached hydrogens (tertiary/aromatic N) is 3. The zero-order valence-electron chi connectivity index (χ0n) is 18.3. The quantitative estimate of drug-likeness (QED) is 0.508. The molecule has 1 fully saturated rings. The van der Waals surface area contributed by atoms with Crippen molar-refractivity contribution >= 4 is 29.2 Å². The third-order valence-electron chi connectivity index (χ3n) is 5.21. The zero-order valence-corrected chi connectivity index (χ0v) is 19.0. The molecule has 2 N–H and O–H groups in total. The van der Waals surface area contributed by atoms with E-state index >= 15 is 0 Å². The minimum Gasteiger partial charge on any atom is -0.497 e. The van der Waals surface area contributed by atoms with Gasteiger partial charge in [-0.15, -0.1) is 0 Å². The molecule has 1 aliphatic heterocycles. The smallest absolute Gasteiger partial charge is 0.241 e. The minimum absolute atomic E-state index is 0.00633. The number of rotatable bonds is 7. The second kappa shape index (κ2) is 10.9. The molecular weight excluding hydrogens is 414 g/mol. The summed E-state index contributed by atoms with van der Waals surface area (Å²) < 4.78 is 5.21. The Hall–Kier alpha value is -2.93. The predicted molar refractivity (Wildman–Crippen MR) is 126 cm³/mol. The number of hydrogen-bond donors (Lipinski definition) is 2. The van der Waals surface area contributed by atoms with E-state index in [1.54, 1.807) is 26.1 Å². The number of methoxy groups -OCH3 is 1. The number of benzene rings is 2. The standard InChI is InChI=1S/C23H30ClN5O2/c1-28(2)22(30)15-26-23(25-14-17-4-10-21(31-3)11-5-17)27-19-12-13-29(16-19)20-8-6-18(24)7-9-20/h4-11,19H,12-16H2,1-3H3,(H2,25,26,27). The molecule has 1 heterocycles. The number of guanidine groups is 1. The molecule has 2 aromatic rings. The molecule has 1 saturated heterocycles. The fourth-order valence-corrected chi connectivity index (χ4v) is 3.46. The summed E-state index contributed by atoms with van der Waals surface area (Å²) in [4.78, 5) is 20.6. The van der Waals surface area contributed by atoms with Crippen LogP contribution in [0.5, 0.6) is 5.75 Å². The van der Waals surface area contributed by atoms with Gasteiger partial charge in [-0.1, -0.05) is 23.7 Å². The molecule has 0 radical (unpaired) electrons. The van der Waals surface area contributed by atoms with E-state index in [-0.39, 0.29) is 18.5 Å². The molecule has 31 heavy (non-hydrogen) atoms. The molecule has 0 spiro atoms. The van der Waals surface area contributed by atoms with E-state index in [1.165, 1.54) is 0 Å². The summed E-state index contributed by atoms with van der Waals surface area (Å²) in [5.41, 5.74) is 2.22. The Bertz CT molecular complexity index is 884. The van der Waals surface area contributed by atoms with Crippen molar-refractivity contribution in [2.75, 3.05) is 45.7 Å². The number of anilines is 1. The average Bonchev–Trinajstić information content (AvgIpc) is 3.24. The summed E-state index contributed by atoms with van der Waals surface area (Å²) in [5, 5.41) is 7.40. The maximum Gasteiger partial charge on any atom is 0.241 e. The molecular formula is C23H30ClN5O2. The normalized spacial score (nSPS) is 16.2. The highest BCUT2D eigenvalue weighted by molar-refractivity contribution is 6.30. The molecule has 1 amide bonds. The van der Waals surface area contributed by atoms with Crippen molar-refractivity contribution in [1.29, 1.82) is 0 Å². The molecule has 0 aliphatic carbocycles. The lowest BCUT2D eigenvalue weighted by atomic mass is 10.2. The second-order valence-electron chi connectivity index (χ2n) is 7.71. The van der Waals surface area contributed by atoms with Gasteiger partial charge in [-0.25, -0.2) is 4.99 Å². The fraction of sp³-hybridized carbons (Fsp3) is 0.391. The highest BCUT2D eigenvalue weighted by Crippen LogP contribution is 2.22. The number of likely N-dealkylation sites (N-methyl/N-ethyl adjacent to an activating group) is 1. The predicted octanol–water partition coefficient (Wildman–Crippen LogP) is 2.75. The number of hydrogen-bond acceptors (Lipinski definition) is 4. The average molecular weight is 444 g/mol. The number of carbonyl (C=O) groups is 1. The first kappa shape index (κ1) is 22.7. The van der Waals surface area contributed by atoms with Crippen molar-refractivity contribution in [3.63, 3.8) is 0 Å². The van der Waals surface area contributed by atoms with Crippen molar-refractivity contribution in [1.82, 2.24) is 15.5 Å². The zero-order chi connectivity index (χ0) is 22.2. The maximum absolute atomic E-state index is 12.0. The molecule has 0 aromatic heterocycles. The third kappa shape index (κ3) is 6.79. The van der Waals surface area contributed by atoms with Crippen molar-refractivity contribution < 1.29 is 9.53 Å². The third-order valence-corrected chi connectivity index (χ3v) is 5.46. The highest BCUT2D eigenvalue weighted by atomic mass is 35.5. The van der Waals surface area contributed by atoms with Gasteiger partial charge in [0.15, 0.2) is 5.96 Å². The van der Waals surface area contributed by atoms with Crippen molar-refractivity contribution in [3.05, 3.63) is 59.1 Å². The van der Waals surface area contributed by atoms with Crippen molar-refractivity contribution in [3.8, 4) is 5.75 Å². The Balaban J connectivity index is 1.63. The number of amides is 1. The number of aliphatic imine (C=N–C) groups is 1. The van der Waals surface area contributed by atoms with Crippen LogP contribution in [-0.4, -0.2) is 63.6 Å². The Labute approximate surface area is 189 Å². The summed E-state index contributed by atoms with van der Waals surface area (Å²) in [6, 6.07) is 15.9. The van der Waals surface area contributed by atoms with Crippen molar-refractivity contribution in [2.24, 2.45) is 4.99 Å². The molecule has 1 unspecified atom stereocenters. The van der Waals surface area contributed by atoms with Gasteiger partial charge in [0.25, 0.3) is 0 Å². The van der Waals surface area contributed by atoms with Crippen LogP contribution in [-0.2, 0) is 11.3 Å². The molecule has 8 heteroatoms. The number of carbonyl (C=O) groups excluding carboxylic acids is 1. The Morgan fingerprint density at radius 2 is 1.90 bits per heavy atom. The topological polar surface area (TPSA) is 69.2 Å². The molecule has 166 valence electrons. The van der Waals surface area contributed by atoms with Crippen LogP contribution >= 0.6 is 11.6 Å². The van der Waals surface area contributed by atoms with Crippen molar-refractivity contribution in [2.45, 2.75) is 19.0 Å². The molecule has 2 aromatic carbocycles. The van der Waals surface area contributed by atoms with Gasteiger partial charge in [0.2, 0.25) is 5.91 Å². The molecule has 0 bridgehead atoms. The van der Waals surface area contributed by atoms with Crippen LogP contribution in [0.4, 0.5) is 5.69 Å². The first-order chi connectivity index (χ1) is 14.9. The van der Waals surface area contributed by atoms with Gasteiger partial charge in [0.05, 0.1) is 20.2 Å². The van der Waals surface area contributed by atoms with Crippen LogP contribution in [0.3, 0.4) is 0 Å². The van der Waals surface area contributed by atoms with Gasteiger partial charge in [0, 0.05) is 43.9 Å². The van der Waals surface area contributed by atoms with Crippen LogP contribution in [0.25, 0.3) is 0 Å². The summed E-state index contributed by atoms with van der Waals surface area (Å²) in [6.07, 6.45) is 0.980. The second-order valence-corrected chi connectivity index (χ2v) is 8.14. The van der Waals surface area contributed by atoms with Crippen LogP contribution in [0.1, 0.15) is 12.0 Å². The Morgan fingerprint density at radius 1 is 1.19 bits per heavy atom. The van der Waals surface area contributed by atoms with Gasteiger partial charge in [-0.3, -0.25) is 4.79 Å². The van der Waals surface area contributed by atoms with Gasteiger partial charge in [0.1, 0.15) is 5.75 Å². The number of nitrogens with one attached hydrogen (secondary N) is 2. The molecule has 0 saturated carbocycles. The van der Waals surface area contributed by atoms with Crippen LogP contribution in [0.15, 0.2) is 53.5 Å². The van der Waals surface area contributed by atoms with E-state index in [1.807, 2.05) is 48.5 Å². The molecule has 1 aliphatic rings. The molecule has 3 rings (SSSR count). The van der Waals surface area contributed by atoms with E-state index in [0.717, 1.165) is 41.5 Å². The Kier molecular flexibility index (Phi) is 8.00. The first-order valence-electron chi connectivity index (χ1n) is 10.3.